The summed E-state index contributed by atoms with van der Waals surface area (Å²) in [5.74, 6) is 1.37. The highest BCUT2D eigenvalue weighted by Crippen LogP contribution is 2.33. The summed E-state index contributed by atoms with van der Waals surface area (Å²) in [6, 6.07) is 4.13. The highest BCUT2D eigenvalue weighted by atomic mass is 32.1. The molecule has 0 saturated heterocycles. The van der Waals surface area contributed by atoms with Crippen LogP contribution in [0.2, 0.25) is 0 Å². The number of hydrogen-bond donors (Lipinski definition) is 1. The molecule has 0 atom stereocenters. The Morgan fingerprint density at radius 3 is 2.87 bits per heavy atom. The molecular formula is C11H14N2OS. The van der Waals surface area contributed by atoms with Crippen molar-refractivity contribution in [2.45, 2.75) is 26.7 Å². The van der Waals surface area contributed by atoms with E-state index in [9.17, 15) is 0 Å². The zero-order chi connectivity index (χ0) is 10.8. The van der Waals surface area contributed by atoms with Crippen LogP contribution in [0.3, 0.4) is 0 Å². The van der Waals surface area contributed by atoms with Crippen molar-refractivity contribution in [2.75, 3.05) is 5.73 Å². The summed E-state index contributed by atoms with van der Waals surface area (Å²) in [6.07, 6.45) is 1.96. The lowest BCUT2D eigenvalue weighted by molar-refractivity contribution is 0.436. The molecule has 2 rings (SSSR count). The van der Waals surface area contributed by atoms with E-state index in [4.69, 9.17) is 10.3 Å². The van der Waals surface area contributed by atoms with Crippen molar-refractivity contribution in [3.05, 3.63) is 22.6 Å². The quantitative estimate of drug-likeness (QED) is 0.867. The van der Waals surface area contributed by atoms with Gasteiger partial charge in [-0.3, -0.25) is 0 Å². The van der Waals surface area contributed by atoms with Gasteiger partial charge in [0, 0.05) is 10.4 Å². The second-order valence-electron chi connectivity index (χ2n) is 3.54. The second-order valence-corrected chi connectivity index (χ2v) is 4.82. The maximum absolute atomic E-state index is 5.77. The van der Waals surface area contributed by atoms with Gasteiger partial charge in [0.25, 0.3) is 0 Å². The van der Waals surface area contributed by atoms with E-state index in [0.717, 1.165) is 29.0 Å². The van der Waals surface area contributed by atoms with E-state index < -0.39 is 0 Å². The second kappa shape index (κ2) is 4.06. The van der Waals surface area contributed by atoms with Crippen LogP contribution in [0.1, 0.15) is 23.8 Å². The molecule has 2 heterocycles. The largest absolute Gasteiger partial charge is 0.381 e. The van der Waals surface area contributed by atoms with E-state index in [-0.39, 0.29) is 0 Å². The monoisotopic (exact) mass is 222 g/mol. The van der Waals surface area contributed by atoms with Crippen LogP contribution in [-0.2, 0) is 6.42 Å². The fourth-order valence-electron chi connectivity index (χ4n) is 1.56. The van der Waals surface area contributed by atoms with Crippen molar-refractivity contribution in [3.63, 3.8) is 0 Å². The average molecular weight is 222 g/mol. The Morgan fingerprint density at radius 2 is 2.27 bits per heavy atom. The third-order valence-corrected chi connectivity index (χ3v) is 3.28. The van der Waals surface area contributed by atoms with Crippen molar-refractivity contribution in [3.8, 4) is 10.6 Å². The summed E-state index contributed by atoms with van der Waals surface area (Å²) in [5, 5.41) is 3.83. The minimum Gasteiger partial charge on any atom is -0.381 e. The zero-order valence-electron chi connectivity index (χ0n) is 8.91. The van der Waals surface area contributed by atoms with Crippen LogP contribution in [0.5, 0.6) is 0 Å². The van der Waals surface area contributed by atoms with Crippen LogP contribution < -0.4 is 5.73 Å². The first kappa shape index (κ1) is 10.2. The summed E-state index contributed by atoms with van der Waals surface area (Å²) >= 11 is 1.70. The first-order chi connectivity index (χ1) is 7.22. The maximum atomic E-state index is 5.77. The average Bonchev–Trinajstić information content (AvgIpc) is 2.76. The van der Waals surface area contributed by atoms with Gasteiger partial charge in [-0.05, 0) is 25.5 Å². The summed E-state index contributed by atoms with van der Waals surface area (Å²) in [7, 11) is 0. The van der Waals surface area contributed by atoms with Crippen molar-refractivity contribution in [1.82, 2.24) is 5.16 Å². The third-order valence-electron chi connectivity index (χ3n) is 2.28. The van der Waals surface area contributed by atoms with Gasteiger partial charge in [-0.15, -0.1) is 11.3 Å². The van der Waals surface area contributed by atoms with E-state index in [1.54, 1.807) is 11.3 Å². The molecule has 0 spiro atoms. The van der Waals surface area contributed by atoms with Crippen LogP contribution in [0, 0.1) is 6.92 Å². The van der Waals surface area contributed by atoms with Crippen molar-refractivity contribution in [2.24, 2.45) is 0 Å². The normalized spacial score (nSPS) is 10.8. The van der Waals surface area contributed by atoms with Gasteiger partial charge >= 0.3 is 0 Å². The lowest BCUT2D eigenvalue weighted by Crippen LogP contribution is -1.91. The van der Waals surface area contributed by atoms with Gasteiger partial charge in [0.1, 0.15) is 0 Å². The number of hydrogen-bond acceptors (Lipinski definition) is 4. The van der Waals surface area contributed by atoms with Crippen LogP contribution >= 0.6 is 11.3 Å². The molecule has 0 bridgehead atoms. The standard InChI is InChI=1S/C11H14N2OS/c1-3-4-8-10(14-13-11(8)12)9-6-5-7(2)15-9/h5-6H,3-4H2,1-2H3,(H2,12,13). The first-order valence-electron chi connectivity index (χ1n) is 5.03. The molecule has 3 nitrogen and oxygen atoms in total. The van der Waals surface area contributed by atoms with Crippen LogP contribution in [-0.4, -0.2) is 5.16 Å². The number of aromatic nitrogens is 1. The number of thiophene rings is 1. The van der Waals surface area contributed by atoms with Gasteiger partial charge in [-0.2, -0.15) is 0 Å². The Bertz CT molecular complexity index is 459. The Morgan fingerprint density at radius 1 is 1.47 bits per heavy atom. The highest BCUT2D eigenvalue weighted by Gasteiger charge is 2.15. The van der Waals surface area contributed by atoms with Crippen molar-refractivity contribution < 1.29 is 4.52 Å². The Hall–Kier alpha value is -1.29. The van der Waals surface area contributed by atoms with E-state index in [2.05, 4.69) is 31.1 Å². The van der Waals surface area contributed by atoms with Gasteiger partial charge in [0.05, 0.1) is 4.88 Å². The third kappa shape index (κ3) is 1.90. The zero-order valence-corrected chi connectivity index (χ0v) is 9.73. The predicted octanol–water partition coefficient (Wildman–Crippen LogP) is 3.25. The summed E-state index contributed by atoms with van der Waals surface area (Å²) in [6.45, 7) is 4.20. The summed E-state index contributed by atoms with van der Waals surface area (Å²) < 4.78 is 5.28. The van der Waals surface area contributed by atoms with E-state index in [1.807, 2.05) is 0 Å². The molecule has 0 aromatic carbocycles. The maximum Gasteiger partial charge on any atom is 0.182 e. The van der Waals surface area contributed by atoms with E-state index >= 15 is 0 Å². The van der Waals surface area contributed by atoms with Gasteiger partial charge < -0.3 is 10.3 Å². The molecule has 0 aliphatic carbocycles. The van der Waals surface area contributed by atoms with E-state index in [0.29, 0.717) is 5.82 Å². The number of anilines is 1. The molecule has 0 unspecified atom stereocenters. The summed E-state index contributed by atoms with van der Waals surface area (Å²) in [5.41, 5.74) is 6.81. The lowest BCUT2D eigenvalue weighted by Gasteiger charge is -1.96. The van der Waals surface area contributed by atoms with Gasteiger partial charge in [0.2, 0.25) is 0 Å². The molecule has 0 saturated carbocycles. The Kier molecular flexibility index (Phi) is 2.77. The van der Waals surface area contributed by atoms with Crippen molar-refractivity contribution in [1.29, 1.82) is 0 Å². The van der Waals surface area contributed by atoms with Gasteiger partial charge in [-0.1, -0.05) is 18.5 Å². The van der Waals surface area contributed by atoms with Gasteiger partial charge in [-0.25, -0.2) is 0 Å². The molecule has 0 amide bonds. The fourth-order valence-corrected chi connectivity index (χ4v) is 2.44. The summed E-state index contributed by atoms with van der Waals surface area (Å²) in [4.78, 5) is 2.38. The molecule has 2 aromatic heterocycles. The van der Waals surface area contributed by atoms with Crippen LogP contribution in [0.25, 0.3) is 10.6 Å². The number of nitrogens with zero attached hydrogens (tertiary/aromatic N) is 1. The predicted molar refractivity (Wildman–Crippen MR) is 63.0 cm³/mol. The fraction of sp³-hybridized carbons (Fsp3) is 0.364. The topological polar surface area (TPSA) is 52.0 Å². The van der Waals surface area contributed by atoms with Crippen LogP contribution in [0.4, 0.5) is 5.82 Å². The number of rotatable bonds is 3. The Balaban J connectivity index is 2.43. The van der Waals surface area contributed by atoms with Crippen molar-refractivity contribution >= 4 is 17.2 Å². The molecular weight excluding hydrogens is 208 g/mol. The lowest BCUT2D eigenvalue weighted by atomic mass is 10.1. The molecule has 80 valence electrons. The molecule has 15 heavy (non-hydrogen) atoms. The molecule has 2 N–H and O–H groups in total. The molecule has 0 aliphatic rings. The molecule has 0 fully saturated rings. The SMILES string of the molecule is CCCc1c(N)noc1-c1ccc(C)s1. The van der Waals surface area contributed by atoms with E-state index in [1.165, 1.54) is 4.88 Å². The minimum absolute atomic E-state index is 0.526. The van der Waals surface area contributed by atoms with Gasteiger partial charge in [0.15, 0.2) is 11.6 Å². The molecule has 0 radical (unpaired) electrons. The molecule has 2 aromatic rings. The first-order valence-corrected chi connectivity index (χ1v) is 5.85. The minimum atomic E-state index is 0.526. The highest BCUT2D eigenvalue weighted by molar-refractivity contribution is 7.15. The van der Waals surface area contributed by atoms with Crippen LogP contribution in [0.15, 0.2) is 16.7 Å². The Labute approximate surface area is 92.9 Å². The number of aryl methyl sites for hydroxylation is 1. The number of nitrogens with two attached hydrogens (primary N) is 1. The smallest absolute Gasteiger partial charge is 0.182 e. The number of nitrogen functional groups attached to an aromatic ring is 1. The molecule has 0 aliphatic heterocycles. The molecule has 4 heteroatoms.